The molecule has 0 bridgehead atoms. The molecule has 0 aliphatic rings. The van der Waals surface area contributed by atoms with E-state index in [4.69, 9.17) is 44.1 Å². The Balaban J connectivity index is 1.82. The van der Waals surface area contributed by atoms with E-state index in [2.05, 4.69) is 20.1 Å². The zero-order valence-corrected chi connectivity index (χ0v) is 17.9. The monoisotopic (exact) mass is 469 g/mol. The summed E-state index contributed by atoms with van der Waals surface area (Å²) in [5.41, 5.74) is 0.946. The van der Waals surface area contributed by atoms with Crippen LogP contribution in [0, 0.1) is 6.92 Å². The van der Waals surface area contributed by atoms with Crippen molar-refractivity contribution in [2.45, 2.75) is 6.92 Å². The molecule has 0 N–H and O–H groups in total. The first-order valence-electron chi connectivity index (χ1n) is 7.98. The first-order valence-corrected chi connectivity index (χ1v) is 9.89. The van der Waals surface area contributed by atoms with Crippen LogP contribution in [-0.2, 0) is 0 Å². The van der Waals surface area contributed by atoms with Crippen molar-refractivity contribution >= 4 is 58.0 Å². The van der Waals surface area contributed by atoms with Crippen LogP contribution in [0.5, 0.6) is 5.88 Å². The molecule has 8 nitrogen and oxygen atoms in total. The number of ether oxygens (including phenoxy) is 1. The molecule has 12 heteroatoms. The second kappa shape index (κ2) is 7.75. The fourth-order valence-corrected chi connectivity index (χ4v) is 4.05. The highest BCUT2D eigenvalue weighted by molar-refractivity contribution is 7.03. The minimum absolute atomic E-state index is 0.164. The molecule has 0 saturated carbocycles. The van der Waals surface area contributed by atoms with Gasteiger partial charge in [0.25, 0.3) is 11.7 Å². The normalized spacial score (nSPS) is 12.0. The quantitative estimate of drug-likeness (QED) is 0.410. The van der Waals surface area contributed by atoms with Crippen LogP contribution >= 0.6 is 46.3 Å². The third kappa shape index (κ3) is 3.74. The van der Waals surface area contributed by atoms with Crippen LogP contribution in [0.2, 0.25) is 15.2 Å². The highest BCUT2D eigenvalue weighted by Crippen LogP contribution is 2.33. The average molecular weight is 471 g/mol. The maximum atomic E-state index is 12.9. The van der Waals surface area contributed by atoms with Gasteiger partial charge >= 0.3 is 0 Å². The van der Waals surface area contributed by atoms with Crippen LogP contribution in [-0.4, -0.2) is 31.9 Å². The van der Waals surface area contributed by atoms with E-state index in [1.807, 2.05) is 0 Å². The Morgan fingerprint density at radius 1 is 1.24 bits per heavy atom. The van der Waals surface area contributed by atoms with Crippen LogP contribution in [0.25, 0.3) is 17.0 Å². The van der Waals surface area contributed by atoms with Gasteiger partial charge in [-0.2, -0.15) is 18.8 Å². The lowest BCUT2D eigenvalue weighted by Crippen LogP contribution is -2.06. The fourth-order valence-electron chi connectivity index (χ4n) is 2.60. The largest absolute Gasteiger partial charge is 0.481 e. The third-order valence-corrected chi connectivity index (χ3v) is 5.48. The summed E-state index contributed by atoms with van der Waals surface area (Å²) in [6.07, 6.45) is 0. The average Bonchev–Trinajstić information content (AvgIpc) is 3.23. The van der Waals surface area contributed by atoms with Crippen molar-refractivity contribution in [3.63, 3.8) is 0 Å². The molecule has 0 aliphatic heterocycles. The molecule has 148 valence electrons. The number of aromatic nitrogens is 4. The number of nitrogens with zero attached hydrogens (tertiary/aromatic N) is 5. The van der Waals surface area contributed by atoms with Crippen LogP contribution in [0.1, 0.15) is 16.1 Å². The molecule has 0 spiro atoms. The molecule has 0 atom stereocenters. The predicted molar refractivity (Wildman–Crippen MR) is 109 cm³/mol. The van der Waals surface area contributed by atoms with Gasteiger partial charge in [-0.3, -0.25) is 4.79 Å². The zero-order valence-electron chi connectivity index (χ0n) is 14.8. The van der Waals surface area contributed by atoms with Crippen LogP contribution in [0.3, 0.4) is 0 Å². The first-order chi connectivity index (χ1) is 13.9. The van der Waals surface area contributed by atoms with Crippen LogP contribution < -0.4 is 9.54 Å². The Kier molecular flexibility index (Phi) is 5.30. The minimum atomic E-state index is -0.588. The highest BCUT2D eigenvalue weighted by Gasteiger charge is 2.23. The number of aryl methyl sites for hydroxylation is 1. The number of fused-ring (bicyclic) bond motifs is 1. The molecule has 1 amide bonds. The number of carbonyl (C=O) groups excluding carboxylic acids is 1. The highest BCUT2D eigenvalue weighted by atomic mass is 35.5. The fraction of sp³-hybridized carbons (Fsp3) is 0.118. The maximum Gasteiger partial charge on any atom is 0.285 e. The van der Waals surface area contributed by atoms with E-state index in [0.29, 0.717) is 27.2 Å². The minimum Gasteiger partial charge on any atom is -0.481 e. The number of rotatable bonds is 3. The molecule has 29 heavy (non-hydrogen) atoms. The standard InChI is InChI=1S/C17H10Cl3N5O3S/c1-7-13(14(24-28-7)9-4-3-8(18)5-10(9)19)15(26)22-17-23-16-21-11(20)6-12(27-2)25(16)29-17/h3-6H,1-2H3. The molecule has 0 saturated heterocycles. The van der Waals surface area contributed by atoms with Crippen molar-refractivity contribution in [2.75, 3.05) is 7.11 Å². The molecule has 3 aromatic heterocycles. The van der Waals surface area contributed by atoms with Gasteiger partial charge in [0.1, 0.15) is 22.2 Å². The summed E-state index contributed by atoms with van der Waals surface area (Å²) in [5.74, 6) is 0.386. The van der Waals surface area contributed by atoms with Gasteiger partial charge in [-0.15, -0.1) is 0 Å². The van der Waals surface area contributed by atoms with E-state index in [9.17, 15) is 4.79 Å². The van der Waals surface area contributed by atoms with E-state index in [0.717, 1.165) is 11.5 Å². The Morgan fingerprint density at radius 2 is 2.03 bits per heavy atom. The van der Waals surface area contributed by atoms with E-state index in [1.54, 1.807) is 28.9 Å². The summed E-state index contributed by atoms with van der Waals surface area (Å²) in [6.45, 7) is 1.61. The van der Waals surface area contributed by atoms with E-state index >= 15 is 0 Å². The molecular formula is C17H10Cl3N5O3S. The van der Waals surface area contributed by atoms with E-state index in [1.165, 1.54) is 13.2 Å². The molecular weight excluding hydrogens is 461 g/mol. The smallest absolute Gasteiger partial charge is 0.285 e. The number of methoxy groups -OCH3 is 1. The van der Waals surface area contributed by atoms with Gasteiger partial charge in [0.2, 0.25) is 10.7 Å². The summed E-state index contributed by atoms with van der Waals surface area (Å²) in [6, 6.07) is 6.38. The lowest BCUT2D eigenvalue weighted by Gasteiger charge is -2.02. The number of hydrogen-bond donors (Lipinski definition) is 0. The van der Waals surface area contributed by atoms with Gasteiger partial charge in [0.15, 0.2) is 0 Å². The van der Waals surface area contributed by atoms with Crippen LogP contribution in [0.4, 0.5) is 0 Å². The van der Waals surface area contributed by atoms with Crippen LogP contribution in [0.15, 0.2) is 33.8 Å². The van der Waals surface area contributed by atoms with Crippen molar-refractivity contribution in [1.29, 1.82) is 0 Å². The summed E-state index contributed by atoms with van der Waals surface area (Å²) in [7, 11) is 1.49. The van der Waals surface area contributed by atoms with Crippen molar-refractivity contribution < 1.29 is 14.1 Å². The Morgan fingerprint density at radius 3 is 2.76 bits per heavy atom. The summed E-state index contributed by atoms with van der Waals surface area (Å²) in [5, 5.41) is 4.97. The van der Waals surface area contributed by atoms with Crippen molar-refractivity contribution in [1.82, 2.24) is 18.9 Å². The summed E-state index contributed by atoms with van der Waals surface area (Å²) >= 11 is 19.2. The number of amides is 1. The maximum absolute atomic E-state index is 12.9. The van der Waals surface area contributed by atoms with Crippen molar-refractivity contribution in [3.8, 4) is 17.1 Å². The molecule has 4 rings (SSSR count). The third-order valence-electron chi connectivity index (χ3n) is 3.87. The van der Waals surface area contributed by atoms with E-state index < -0.39 is 5.91 Å². The van der Waals surface area contributed by atoms with Gasteiger partial charge in [0, 0.05) is 16.7 Å². The van der Waals surface area contributed by atoms with Gasteiger partial charge < -0.3 is 9.26 Å². The first kappa shape index (κ1) is 19.8. The molecule has 0 radical (unpaired) electrons. The lowest BCUT2D eigenvalue weighted by molar-refractivity contribution is 0.0997. The molecule has 0 aliphatic carbocycles. The second-order valence-electron chi connectivity index (χ2n) is 5.70. The van der Waals surface area contributed by atoms with Crippen molar-refractivity contribution in [3.05, 3.63) is 55.6 Å². The number of benzene rings is 1. The van der Waals surface area contributed by atoms with Gasteiger partial charge in [0.05, 0.1) is 12.1 Å². The predicted octanol–water partition coefficient (Wildman–Crippen LogP) is 4.46. The Hall–Kier alpha value is -2.46. The molecule has 3 heterocycles. The van der Waals surface area contributed by atoms with Crippen molar-refractivity contribution in [2.24, 2.45) is 4.99 Å². The SMILES string of the molecule is COc1cc(Cl)nc2nc(=NC(=O)c3c(-c4ccc(Cl)cc4Cl)noc3C)sn12. The summed E-state index contributed by atoms with van der Waals surface area (Å²) < 4.78 is 12.0. The number of halogens is 3. The lowest BCUT2D eigenvalue weighted by atomic mass is 10.1. The molecule has 4 aromatic rings. The van der Waals surface area contributed by atoms with Gasteiger partial charge in [-0.25, -0.2) is 0 Å². The molecule has 0 fully saturated rings. The Bertz CT molecular complexity index is 1330. The summed E-state index contributed by atoms with van der Waals surface area (Å²) in [4.78, 5) is 25.5. The second-order valence-corrected chi connectivity index (χ2v) is 7.85. The zero-order chi connectivity index (χ0) is 20.7. The molecule has 0 unspecified atom stereocenters. The number of hydrogen-bond acceptors (Lipinski definition) is 7. The van der Waals surface area contributed by atoms with Gasteiger partial charge in [-0.1, -0.05) is 40.0 Å². The topological polar surface area (TPSA) is 94.9 Å². The van der Waals surface area contributed by atoms with E-state index in [-0.39, 0.29) is 27.0 Å². The van der Waals surface area contributed by atoms with Gasteiger partial charge in [-0.05, 0) is 36.7 Å². The number of carbonyl (C=O) groups is 1. The molecule has 1 aromatic carbocycles. The Labute approximate surface area is 182 Å².